The number of benzene rings is 1. The van der Waals surface area contributed by atoms with E-state index in [4.69, 9.17) is 5.73 Å². The minimum Gasteiger partial charge on any atom is -0.327 e. The third-order valence-electron chi connectivity index (χ3n) is 3.37. The fraction of sp³-hybridized carbons (Fsp3) is 0.538. The first-order valence-electron chi connectivity index (χ1n) is 5.65. The summed E-state index contributed by atoms with van der Waals surface area (Å²) in [4.78, 5) is 0. The number of rotatable bonds is 3. The van der Waals surface area contributed by atoms with E-state index in [1.165, 1.54) is 6.07 Å². The Bertz CT molecular complexity index is 389. The number of alkyl halides is 1. The van der Waals surface area contributed by atoms with Gasteiger partial charge in [-0.25, -0.2) is 8.78 Å². The van der Waals surface area contributed by atoms with Gasteiger partial charge in [-0.2, -0.15) is 0 Å². The summed E-state index contributed by atoms with van der Waals surface area (Å²) in [6.07, 6.45) is 1.61. The lowest BCUT2D eigenvalue weighted by Gasteiger charge is -2.26. The second kappa shape index (κ2) is 3.81. The molecule has 1 saturated carbocycles. The van der Waals surface area contributed by atoms with Crippen molar-refractivity contribution in [2.75, 3.05) is 6.54 Å². The van der Waals surface area contributed by atoms with Crippen LogP contribution in [0.1, 0.15) is 29.5 Å². The van der Waals surface area contributed by atoms with Crippen LogP contribution >= 0.6 is 0 Å². The van der Waals surface area contributed by atoms with E-state index in [0.717, 1.165) is 18.4 Å². The molecule has 16 heavy (non-hydrogen) atoms. The van der Waals surface area contributed by atoms with Gasteiger partial charge in [0.15, 0.2) is 5.67 Å². The maximum atomic E-state index is 14.7. The molecular weight excluding hydrogens is 208 g/mol. The molecule has 0 heterocycles. The molecule has 1 aliphatic rings. The third kappa shape index (κ3) is 1.73. The molecular formula is C13H17F2N. The predicted molar refractivity (Wildman–Crippen MR) is 60.4 cm³/mol. The van der Waals surface area contributed by atoms with Crippen LogP contribution in [0.5, 0.6) is 0 Å². The minimum atomic E-state index is -1.68. The molecule has 2 rings (SSSR count). The fourth-order valence-electron chi connectivity index (χ4n) is 2.46. The molecule has 3 heteroatoms. The Morgan fingerprint density at radius 1 is 1.38 bits per heavy atom. The first-order chi connectivity index (χ1) is 7.49. The number of hydrogen-bond acceptors (Lipinski definition) is 1. The van der Waals surface area contributed by atoms with Crippen molar-refractivity contribution in [1.82, 2.24) is 0 Å². The van der Waals surface area contributed by atoms with Gasteiger partial charge in [-0.1, -0.05) is 6.07 Å². The van der Waals surface area contributed by atoms with Gasteiger partial charge in [-0.3, -0.25) is 0 Å². The Labute approximate surface area is 94.7 Å². The molecule has 1 nitrogen and oxygen atoms in total. The van der Waals surface area contributed by atoms with Gasteiger partial charge in [0.1, 0.15) is 5.82 Å². The smallest absolute Gasteiger partial charge is 0.153 e. The largest absolute Gasteiger partial charge is 0.327 e. The molecule has 1 unspecified atom stereocenters. The average Bonchev–Trinajstić information content (AvgIpc) is 2.98. The maximum Gasteiger partial charge on any atom is 0.153 e. The summed E-state index contributed by atoms with van der Waals surface area (Å²) in [5.41, 5.74) is 5.48. The van der Waals surface area contributed by atoms with E-state index in [1.807, 2.05) is 6.07 Å². The fourth-order valence-corrected chi connectivity index (χ4v) is 2.46. The molecule has 1 aliphatic carbocycles. The lowest BCUT2D eigenvalue weighted by molar-refractivity contribution is 0.136. The number of aryl methyl sites for hydroxylation is 2. The molecule has 0 saturated heterocycles. The zero-order valence-electron chi connectivity index (χ0n) is 9.69. The van der Waals surface area contributed by atoms with Crippen LogP contribution in [0.2, 0.25) is 0 Å². The van der Waals surface area contributed by atoms with E-state index in [-0.39, 0.29) is 18.0 Å². The summed E-state index contributed by atoms with van der Waals surface area (Å²) in [6.45, 7) is 3.41. The van der Waals surface area contributed by atoms with E-state index in [2.05, 4.69) is 0 Å². The molecule has 0 bridgehead atoms. The van der Waals surface area contributed by atoms with Crippen molar-refractivity contribution in [3.05, 3.63) is 34.6 Å². The lowest BCUT2D eigenvalue weighted by Crippen LogP contribution is -2.34. The number of hydrogen-bond donors (Lipinski definition) is 1. The molecule has 0 aliphatic heterocycles. The molecule has 1 fully saturated rings. The summed E-state index contributed by atoms with van der Waals surface area (Å²) in [5.74, 6) is -0.564. The second-order valence-corrected chi connectivity index (χ2v) is 4.78. The molecule has 1 atom stereocenters. The Balaban J connectivity index is 2.53. The summed E-state index contributed by atoms with van der Waals surface area (Å²) >= 11 is 0. The topological polar surface area (TPSA) is 26.0 Å². The molecule has 0 radical (unpaired) electrons. The molecule has 1 aromatic carbocycles. The summed E-state index contributed by atoms with van der Waals surface area (Å²) in [6, 6.07) is 3.19. The maximum absolute atomic E-state index is 14.7. The Kier molecular flexibility index (Phi) is 2.74. The van der Waals surface area contributed by atoms with Gasteiger partial charge >= 0.3 is 0 Å². The number of halogens is 2. The van der Waals surface area contributed by atoms with Gasteiger partial charge in [0.25, 0.3) is 0 Å². The summed E-state index contributed by atoms with van der Waals surface area (Å²) < 4.78 is 28.6. The highest BCUT2D eigenvalue weighted by Gasteiger charge is 2.48. The SMILES string of the molecule is Cc1cc(C)c(C(F)(CN)C2CC2)c(F)c1. The molecule has 1 aromatic rings. The Hall–Kier alpha value is -0.960. The van der Waals surface area contributed by atoms with Crippen LogP contribution < -0.4 is 5.73 Å². The normalized spacial score (nSPS) is 19.6. The zero-order chi connectivity index (χ0) is 11.9. The number of nitrogens with two attached hydrogens (primary N) is 1. The Morgan fingerprint density at radius 2 is 2.00 bits per heavy atom. The van der Waals surface area contributed by atoms with Gasteiger partial charge in [-0.15, -0.1) is 0 Å². The van der Waals surface area contributed by atoms with Crippen LogP contribution in [0.3, 0.4) is 0 Å². The summed E-state index contributed by atoms with van der Waals surface area (Å²) in [5, 5.41) is 0. The highest BCUT2D eigenvalue weighted by Crippen LogP contribution is 2.49. The van der Waals surface area contributed by atoms with Gasteiger partial charge in [-0.05, 0) is 49.8 Å². The van der Waals surface area contributed by atoms with Crippen molar-refractivity contribution in [2.24, 2.45) is 11.7 Å². The van der Waals surface area contributed by atoms with Crippen molar-refractivity contribution in [3.63, 3.8) is 0 Å². The van der Waals surface area contributed by atoms with Crippen molar-refractivity contribution in [3.8, 4) is 0 Å². The second-order valence-electron chi connectivity index (χ2n) is 4.78. The van der Waals surface area contributed by atoms with Gasteiger partial charge < -0.3 is 5.73 Å². The van der Waals surface area contributed by atoms with E-state index < -0.39 is 11.5 Å². The van der Waals surface area contributed by atoms with Gasteiger partial charge in [0.05, 0.1) is 0 Å². The van der Waals surface area contributed by atoms with Crippen LogP contribution in [-0.4, -0.2) is 6.54 Å². The minimum absolute atomic E-state index is 0.103. The standard InChI is InChI=1S/C13H17F2N/c1-8-5-9(2)12(11(14)6-8)13(15,7-16)10-3-4-10/h5-6,10H,3-4,7,16H2,1-2H3. The van der Waals surface area contributed by atoms with Crippen molar-refractivity contribution in [1.29, 1.82) is 0 Å². The molecule has 2 N–H and O–H groups in total. The van der Waals surface area contributed by atoms with Gasteiger partial charge in [0, 0.05) is 12.1 Å². The average molecular weight is 225 g/mol. The van der Waals surface area contributed by atoms with Gasteiger partial charge in [0.2, 0.25) is 0 Å². The van der Waals surface area contributed by atoms with Crippen LogP contribution in [0.15, 0.2) is 12.1 Å². The molecule has 0 spiro atoms. The quantitative estimate of drug-likeness (QED) is 0.840. The van der Waals surface area contributed by atoms with E-state index >= 15 is 0 Å². The van der Waals surface area contributed by atoms with Crippen molar-refractivity contribution in [2.45, 2.75) is 32.4 Å². The molecule has 0 aromatic heterocycles. The lowest BCUT2D eigenvalue weighted by atomic mass is 9.86. The first-order valence-corrected chi connectivity index (χ1v) is 5.65. The van der Waals surface area contributed by atoms with Crippen molar-refractivity contribution >= 4 is 0 Å². The molecule has 88 valence electrons. The highest BCUT2D eigenvalue weighted by atomic mass is 19.1. The van der Waals surface area contributed by atoms with Crippen LogP contribution in [0.4, 0.5) is 8.78 Å². The Morgan fingerprint density at radius 3 is 2.44 bits per heavy atom. The van der Waals surface area contributed by atoms with E-state index in [0.29, 0.717) is 5.56 Å². The zero-order valence-corrected chi connectivity index (χ0v) is 9.69. The van der Waals surface area contributed by atoms with Crippen LogP contribution in [-0.2, 0) is 5.67 Å². The third-order valence-corrected chi connectivity index (χ3v) is 3.37. The van der Waals surface area contributed by atoms with Crippen LogP contribution in [0.25, 0.3) is 0 Å². The monoisotopic (exact) mass is 225 g/mol. The molecule has 0 amide bonds. The van der Waals surface area contributed by atoms with Crippen LogP contribution in [0, 0.1) is 25.6 Å². The highest BCUT2D eigenvalue weighted by molar-refractivity contribution is 5.38. The van der Waals surface area contributed by atoms with E-state index in [9.17, 15) is 8.78 Å². The first kappa shape index (κ1) is 11.5. The van der Waals surface area contributed by atoms with Crippen molar-refractivity contribution < 1.29 is 8.78 Å². The predicted octanol–water partition coefficient (Wildman–Crippen LogP) is 2.98. The summed E-state index contributed by atoms with van der Waals surface area (Å²) in [7, 11) is 0. The van der Waals surface area contributed by atoms with E-state index in [1.54, 1.807) is 13.8 Å².